The first-order valence-electron chi connectivity index (χ1n) is 7.18. The molecule has 1 unspecified atom stereocenters. The third-order valence-corrected chi connectivity index (χ3v) is 5.60. The van der Waals surface area contributed by atoms with Crippen molar-refractivity contribution in [1.82, 2.24) is 15.0 Å². The van der Waals surface area contributed by atoms with E-state index in [2.05, 4.69) is 10.3 Å². The molecule has 0 N–H and O–H groups in total. The van der Waals surface area contributed by atoms with Gasteiger partial charge in [0.05, 0.1) is 10.4 Å². The Balaban J connectivity index is 1.90. The number of ketones is 1. The van der Waals surface area contributed by atoms with Crippen molar-refractivity contribution in [2.24, 2.45) is 0 Å². The van der Waals surface area contributed by atoms with Crippen molar-refractivity contribution in [3.63, 3.8) is 0 Å². The van der Waals surface area contributed by atoms with Crippen LogP contribution < -0.4 is 0 Å². The predicted octanol–water partition coefficient (Wildman–Crippen LogP) is 4.34. The topological polar surface area (TPSA) is 47.8 Å². The lowest BCUT2D eigenvalue weighted by Gasteiger charge is -2.14. The summed E-state index contributed by atoms with van der Waals surface area (Å²) in [5.74, 6) is 0.0532. The van der Waals surface area contributed by atoms with Crippen LogP contribution in [-0.2, 0) is 0 Å². The summed E-state index contributed by atoms with van der Waals surface area (Å²) >= 11 is 3.08. The number of aromatic nitrogens is 3. The Morgan fingerprint density at radius 2 is 2.00 bits per heavy atom. The van der Waals surface area contributed by atoms with Gasteiger partial charge in [-0.05, 0) is 42.6 Å². The van der Waals surface area contributed by atoms with E-state index in [1.165, 1.54) is 16.2 Å². The quantitative estimate of drug-likeness (QED) is 0.520. The van der Waals surface area contributed by atoms with Crippen LogP contribution in [0.5, 0.6) is 0 Å². The molecule has 0 radical (unpaired) electrons. The van der Waals surface area contributed by atoms with E-state index in [0.29, 0.717) is 0 Å². The first-order chi connectivity index (χ1) is 11.2. The zero-order chi connectivity index (χ0) is 15.8. The number of Topliss-reactive ketones (excluding diaryl/α,β-unsaturated/α-hetero) is 1. The van der Waals surface area contributed by atoms with Crippen LogP contribution in [0.25, 0.3) is 11.0 Å². The largest absolute Gasteiger partial charge is 0.290 e. The smallest absolute Gasteiger partial charge is 0.202 e. The first-order valence-corrected chi connectivity index (χ1v) is 8.87. The fraction of sp³-hybridized carbons (Fsp3) is 0.118. The fourth-order valence-electron chi connectivity index (χ4n) is 2.59. The number of carbonyl (C=O) groups is 1. The van der Waals surface area contributed by atoms with Gasteiger partial charge in [-0.3, -0.25) is 4.79 Å². The van der Waals surface area contributed by atoms with Crippen molar-refractivity contribution < 1.29 is 4.79 Å². The summed E-state index contributed by atoms with van der Waals surface area (Å²) in [7, 11) is 0. The van der Waals surface area contributed by atoms with E-state index in [1.807, 2.05) is 60.8 Å². The lowest BCUT2D eigenvalue weighted by atomic mass is 10.1. The number of hydrogen-bond donors (Lipinski definition) is 0. The van der Waals surface area contributed by atoms with Crippen LogP contribution in [0.1, 0.15) is 25.5 Å². The Morgan fingerprint density at radius 3 is 2.74 bits per heavy atom. The molecule has 4 rings (SSSR count). The van der Waals surface area contributed by atoms with E-state index in [9.17, 15) is 4.79 Å². The van der Waals surface area contributed by atoms with E-state index in [4.69, 9.17) is 0 Å². The molecule has 114 valence electrons. The van der Waals surface area contributed by atoms with Gasteiger partial charge >= 0.3 is 0 Å². The summed E-state index contributed by atoms with van der Waals surface area (Å²) in [6.07, 6.45) is 0. The molecule has 0 amide bonds. The lowest BCUT2D eigenvalue weighted by molar-refractivity contribution is 0.0946. The van der Waals surface area contributed by atoms with Crippen LogP contribution >= 0.6 is 22.7 Å². The molecule has 0 bridgehead atoms. The van der Waals surface area contributed by atoms with Crippen LogP contribution in [0.15, 0.2) is 53.9 Å². The van der Waals surface area contributed by atoms with Crippen LogP contribution in [-0.4, -0.2) is 20.8 Å². The van der Waals surface area contributed by atoms with Crippen molar-refractivity contribution in [2.75, 3.05) is 0 Å². The molecule has 1 aromatic carbocycles. The normalized spacial score (nSPS) is 12.6. The summed E-state index contributed by atoms with van der Waals surface area (Å²) < 4.78 is 1.74. The van der Waals surface area contributed by atoms with Crippen molar-refractivity contribution in [3.05, 3.63) is 68.5 Å². The van der Waals surface area contributed by atoms with Gasteiger partial charge in [0.1, 0.15) is 5.52 Å². The van der Waals surface area contributed by atoms with Gasteiger partial charge in [-0.25, -0.2) is 4.68 Å². The van der Waals surface area contributed by atoms with Crippen LogP contribution in [0.2, 0.25) is 0 Å². The summed E-state index contributed by atoms with van der Waals surface area (Å²) in [5, 5.41) is 10.4. The number of carbonyl (C=O) groups excluding carboxylic acids is 1. The van der Waals surface area contributed by atoms with Gasteiger partial charge in [0.25, 0.3) is 0 Å². The highest BCUT2D eigenvalue weighted by molar-refractivity contribution is 7.13. The molecule has 4 nitrogen and oxygen atoms in total. The van der Waals surface area contributed by atoms with Crippen molar-refractivity contribution in [1.29, 1.82) is 0 Å². The van der Waals surface area contributed by atoms with Crippen LogP contribution in [0.4, 0.5) is 0 Å². The molecule has 0 saturated carbocycles. The number of benzene rings is 1. The summed E-state index contributed by atoms with van der Waals surface area (Å²) in [5.41, 5.74) is 1.67. The van der Waals surface area contributed by atoms with Crippen molar-refractivity contribution in [2.45, 2.75) is 13.0 Å². The van der Waals surface area contributed by atoms with Gasteiger partial charge < -0.3 is 0 Å². The molecule has 23 heavy (non-hydrogen) atoms. The first kappa shape index (κ1) is 14.3. The second-order valence-electron chi connectivity index (χ2n) is 5.22. The van der Waals surface area contributed by atoms with Crippen LogP contribution in [0.3, 0.4) is 0 Å². The highest BCUT2D eigenvalue weighted by Gasteiger charge is 2.28. The number of para-hydroxylation sites is 1. The molecule has 0 spiro atoms. The van der Waals surface area contributed by atoms with Crippen molar-refractivity contribution >= 4 is 39.5 Å². The molecular formula is C17H13N3OS2. The molecule has 1 atom stereocenters. The molecule has 4 aromatic rings. The molecule has 6 heteroatoms. The molecule has 0 fully saturated rings. The van der Waals surface area contributed by atoms with E-state index in [1.54, 1.807) is 16.0 Å². The Kier molecular flexibility index (Phi) is 3.55. The number of aryl methyl sites for hydroxylation is 1. The summed E-state index contributed by atoms with van der Waals surface area (Å²) in [6, 6.07) is 15.0. The van der Waals surface area contributed by atoms with E-state index in [0.717, 1.165) is 20.8 Å². The van der Waals surface area contributed by atoms with Crippen molar-refractivity contribution in [3.8, 4) is 0 Å². The Hall–Kier alpha value is -2.31. The molecule has 0 saturated heterocycles. The summed E-state index contributed by atoms with van der Waals surface area (Å²) in [6.45, 7) is 2.04. The minimum absolute atomic E-state index is 0.0532. The van der Waals surface area contributed by atoms with Gasteiger partial charge in [-0.15, -0.1) is 27.8 Å². The number of hydrogen-bond acceptors (Lipinski definition) is 5. The minimum atomic E-state index is -0.472. The lowest BCUT2D eigenvalue weighted by Crippen LogP contribution is -2.20. The van der Waals surface area contributed by atoms with Crippen LogP contribution in [0, 0.1) is 6.92 Å². The SMILES string of the molecule is Cc1ccc(C(C(=O)c2cccs2)n2nnc3ccccc32)s1. The summed E-state index contributed by atoms with van der Waals surface area (Å²) in [4.78, 5) is 16.0. The van der Waals surface area contributed by atoms with Gasteiger partial charge in [0.2, 0.25) is 5.78 Å². The Morgan fingerprint density at radius 1 is 1.13 bits per heavy atom. The molecule has 0 aliphatic carbocycles. The van der Waals surface area contributed by atoms with Gasteiger partial charge in [-0.1, -0.05) is 23.4 Å². The zero-order valence-corrected chi connectivity index (χ0v) is 14.0. The number of nitrogens with zero attached hydrogens (tertiary/aromatic N) is 3. The highest BCUT2D eigenvalue weighted by atomic mass is 32.1. The maximum Gasteiger partial charge on any atom is 0.202 e. The monoisotopic (exact) mass is 339 g/mol. The molecule has 0 aliphatic rings. The molecule has 3 aromatic heterocycles. The number of thiophene rings is 2. The molecule has 0 aliphatic heterocycles. The highest BCUT2D eigenvalue weighted by Crippen LogP contribution is 2.31. The Labute approximate surface area is 141 Å². The van der Waals surface area contributed by atoms with Gasteiger partial charge in [0, 0.05) is 9.75 Å². The average molecular weight is 339 g/mol. The maximum atomic E-state index is 13.1. The Bertz CT molecular complexity index is 969. The van der Waals surface area contributed by atoms with Gasteiger partial charge in [-0.2, -0.15) is 0 Å². The molecular weight excluding hydrogens is 326 g/mol. The number of fused-ring (bicyclic) bond motifs is 1. The predicted molar refractivity (Wildman–Crippen MR) is 93.4 cm³/mol. The van der Waals surface area contributed by atoms with E-state index in [-0.39, 0.29) is 5.78 Å². The minimum Gasteiger partial charge on any atom is -0.290 e. The molecule has 3 heterocycles. The van der Waals surface area contributed by atoms with E-state index < -0.39 is 6.04 Å². The van der Waals surface area contributed by atoms with E-state index >= 15 is 0 Å². The third kappa shape index (κ3) is 2.50. The fourth-order valence-corrected chi connectivity index (χ4v) is 4.24. The third-order valence-electron chi connectivity index (χ3n) is 3.66. The standard InChI is InChI=1S/C17H13N3OS2/c1-11-8-9-14(23-11)16(17(21)15-7-4-10-22-15)20-13-6-3-2-5-12(13)18-19-20/h2-10,16H,1H3. The number of rotatable bonds is 4. The maximum absolute atomic E-state index is 13.1. The average Bonchev–Trinajstić information content (AvgIpc) is 3.29. The van der Waals surface area contributed by atoms with Gasteiger partial charge in [0.15, 0.2) is 6.04 Å². The second kappa shape index (κ2) is 5.72. The second-order valence-corrected chi connectivity index (χ2v) is 7.48. The zero-order valence-electron chi connectivity index (χ0n) is 12.3.